The topological polar surface area (TPSA) is 83.7 Å². The molecule has 4 aromatic rings. The molecule has 138 valence electrons. The highest BCUT2D eigenvalue weighted by atomic mass is 16.4. The van der Waals surface area contributed by atoms with Crippen molar-refractivity contribution in [1.29, 1.82) is 0 Å². The summed E-state index contributed by atoms with van der Waals surface area (Å²) in [4.78, 5) is 11.1. The molecule has 1 aliphatic heterocycles. The third-order valence-electron chi connectivity index (χ3n) is 4.77. The van der Waals surface area contributed by atoms with E-state index in [1.165, 1.54) is 6.33 Å². The second-order valence-electron chi connectivity index (χ2n) is 6.57. The summed E-state index contributed by atoms with van der Waals surface area (Å²) in [5.41, 5.74) is 4.69. The number of hydrazine groups is 1. The quantitative estimate of drug-likeness (QED) is 0.590. The molecule has 0 spiro atoms. The summed E-state index contributed by atoms with van der Waals surface area (Å²) in [6, 6.07) is 7.41. The predicted molar refractivity (Wildman–Crippen MR) is 99.9 cm³/mol. The summed E-state index contributed by atoms with van der Waals surface area (Å²) in [5.74, 6) is 2.56. The fourth-order valence-corrected chi connectivity index (χ4v) is 3.32. The van der Waals surface area contributed by atoms with Gasteiger partial charge in [-0.1, -0.05) is 0 Å². The molecule has 4 aromatic heterocycles. The van der Waals surface area contributed by atoms with E-state index in [4.69, 9.17) is 13.3 Å². The first-order valence-electron chi connectivity index (χ1n) is 8.85. The summed E-state index contributed by atoms with van der Waals surface area (Å²) >= 11 is 0. The van der Waals surface area contributed by atoms with Crippen LogP contribution in [0.3, 0.4) is 0 Å². The van der Waals surface area contributed by atoms with Crippen LogP contribution in [0.25, 0.3) is 33.9 Å². The van der Waals surface area contributed by atoms with Crippen LogP contribution < -0.4 is 5.43 Å². The van der Waals surface area contributed by atoms with Crippen molar-refractivity contribution < 1.29 is 13.3 Å². The first-order valence-corrected chi connectivity index (χ1v) is 8.85. The van der Waals surface area contributed by atoms with Gasteiger partial charge in [0.1, 0.15) is 12.1 Å². The third-order valence-corrected chi connectivity index (χ3v) is 4.77. The summed E-state index contributed by atoms with van der Waals surface area (Å²) in [6.07, 6.45) is 4.75. The lowest BCUT2D eigenvalue weighted by molar-refractivity contribution is 0.178. The standard InChI is InChI=1S/C19H19N5O3/c1-23-6-8-24(9-7-23)22-18-16-15(13-4-2-10-25-13)17(14-5-3-11-26-14)27-19(16)21-12-20-18/h2-5,10-12H,6-9H2,1H3,(H,20,21,22). The van der Waals surface area contributed by atoms with Crippen LogP contribution in [0.1, 0.15) is 0 Å². The fraction of sp³-hybridized carbons (Fsp3) is 0.263. The molecular weight excluding hydrogens is 346 g/mol. The zero-order valence-electron chi connectivity index (χ0n) is 14.9. The van der Waals surface area contributed by atoms with E-state index in [1.807, 2.05) is 24.3 Å². The fourth-order valence-electron chi connectivity index (χ4n) is 3.32. The summed E-state index contributed by atoms with van der Waals surface area (Å²) < 4.78 is 17.3. The minimum absolute atomic E-state index is 0.486. The van der Waals surface area contributed by atoms with Crippen LogP contribution in [0, 0.1) is 0 Å². The first-order chi connectivity index (χ1) is 13.3. The Morgan fingerprint density at radius 1 is 0.963 bits per heavy atom. The van der Waals surface area contributed by atoms with Crippen LogP contribution in [-0.2, 0) is 0 Å². The van der Waals surface area contributed by atoms with Crippen molar-refractivity contribution in [3.8, 4) is 22.8 Å². The largest absolute Gasteiger partial charge is 0.464 e. The van der Waals surface area contributed by atoms with Crippen LogP contribution >= 0.6 is 0 Å². The Labute approximate surface area is 155 Å². The number of rotatable bonds is 4. The van der Waals surface area contributed by atoms with Crippen molar-refractivity contribution in [2.45, 2.75) is 0 Å². The minimum atomic E-state index is 0.486. The van der Waals surface area contributed by atoms with Crippen LogP contribution in [0.2, 0.25) is 0 Å². The van der Waals surface area contributed by atoms with Crippen LogP contribution in [0.5, 0.6) is 0 Å². The predicted octanol–water partition coefficient (Wildman–Crippen LogP) is 3.32. The van der Waals surface area contributed by atoms with Gasteiger partial charge in [0.15, 0.2) is 17.3 Å². The molecule has 5 rings (SSSR count). The molecule has 0 atom stereocenters. The van der Waals surface area contributed by atoms with Crippen molar-refractivity contribution in [3.63, 3.8) is 0 Å². The number of hydrogen-bond acceptors (Lipinski definition) is 8. The average molecular weight is 365 g/mol. The molecule has 27 heavy (non-hydrogen) atoms. The van der Waals surface area contributed by atoms with Gasteiger partial charge in [0.25, 0.3) is 0 Å². The summed E-state index contributed by atoms with van der Waals surface area (Å²) in [6.45, 7) is 3.80. The Kier molecular flexibility index (Phi) is 3.92. The first kappa shape index (κ1) is 16.1. The Morgan fingerprint density at radius 3 is 2.41 bits per heavy atom. The normalized spacial score (nSPS) is 16.2. The van der Waals surface area contributed by atoms with Gasteiger partial charge in [0, 0.05) is 26.2 Å². The molecule has 8 heteroatoms. The molecule has 0 amide bonds. The van der Waals surface area contributed by atoms with Gasteiger partial charge in [0.05, 0.1) is 23.5 Å². The highest BCUT2D eigenvalue weighted by molar-refractivity contribution is 6.04. The third kappa shape index (κ3) is 2.88. The lowest BCUT2D eigenvalue weighted by Gasteiger charge is -2.32. The van der Waals surface area contributed by atoms with Gasteiger partial charge in [0.2, 0.25) is 5.71 Å². The number of aromatic nitrogens is 2. The molecule has 0 radical (unpaired) electrons. The Balaban J connectivity index is 1.64. The van der Waals surface area contributed by atoms with Crippen molar-refractivity contribution in [2.24, 2.45) is 0 Å². The van der Waals surface area contributed by atoms with Crippen molar-refractivity contribution >= 4 is 16.9 Å². The molecule has 0 aromatic carbocycles. The molecule has 1 saturated heterocycles. The smallest absolute Gasteiger partial charge is 0.232 e. The van der Waals surface area contributed by atoms with E-state index in [-0.39, 0.29) is 0 Å². The maximum absolute atomic E-state index is 6.04. The van der Waals surface area contributed by atoms with Crippen LogP contribution in [-0.4, -0.2) is 53.1 Å². The van der Waals surface area contributed by atoms with E-state index in [0.717, 1.165) is 37.1 Å². The zero-order chi connectivity index (χ0) is 18.2. The van der Waals surface area contributed by atoms with Gasteiger partial charge in [-0.15, -0.1) is 0 Å². The van der Waals surface area contributed by atoms with Gasteiger partial charge in [-0.2, -0.15) is 0 Å². The molecule has 0 aliphatic carbocycles. The van der Waals surface area contributed by atoms with E-state index in [2.05, 4.69) is 32.4 Å². The lowest BCUT2D eigenvalue weighted by Crippen LogP contribution is -2.47. The molecule has 1 fully saturated rings. The second kappa shape index (κ2) is 6.57. The number of hydrogen-bond donors (Lipinski definition) is 1. The van der Waals surface area contributed by atoms with E-state index in [9.17, 15) is 0 Å². The highest BCUT2D eigenvalue weighted by Crippen LogP contribution is 2.42. The Hall–Kier alpha value is -3.10. The minimum Gasteiger partial charge on any atom is -0.464 e. The summed E-state index contributed by atoms with van der Waals surface area (Å²) in [7, 11) is 2.13. The molecule has 0 saturated carbocycles. The molecule has 1 aliphatic rings. The van der Waals surface area contributed by atoms with Crippen molar-refractivity contribution in [2.75, 3.05) is 38.7 Å². The van der Waals surface area contributed by atoms with E-state index >= 15 is 0 Å². The van der Waals surface area contributed by atoms with Crippen molar-refractivity contribution in [1.82, 2.24) is 19.9 Å². The zero-order valence-corrected chi connectivity index (χ0v) is 14.9. The number of fused-ring (bicyclic) bond motifs is 1. The van der Waals surface area contributed by atoms with Gasteiger partial charge in [-0.3, -0.25) is 0 Å². The second-order valence-corrected chi connectivity index (χ2v) is 6.57. The molecule has 1 N–H and O–H groups in total. The number of anilines is 1. The molecular formula is C19H19N5O3. The number of nitrogens with one attached hydrogen (secondary N) is 1. The SMILES string of the molecule is CN1CCN(Nc2ncnc3oc(-c4ccco4)c(-c4ccco4)c23)CC1. The van der Waals surface area contributed by atoms with Crippen molar-refractivity contribution in [3.05, 3.63) is 43.1 Å². The number of likely N-dealkylation sites (N-methyl/N-ethyl adjacent to an activating group) is 1. The Bertz CT molecular complexity index is 1030. The monoisotopic (exact) mass is 365 g/mol. The van der Waals surface area contributed by atoms with E-state index in [0.29, 0.717) is 28.8 Å². The Morgan fingerprint density at radius 2 is 1.70 bits per heavy atom. The molecule has 5 heterocycles. The number of nitrogens with zero attached hydrogens (tertiary/aromatic N) is 4. The lowest BCUT2D eigenvalue weighted by atomic mass is 10.1. The van der Waals surface area contributed by atoms with E-state index < -0.39 is 0 Å². The van der Waals surface area contributed by atoms with Gasteiger partial charge in [-0.25, -0.2) is 15.0 Å². The molecule has 0 bridgehead atoms. The van der Waals surface area contributed by atoms with Crippen LogP contribution in [0.15, 0.2) is 56.4 Å². The highest BCUT2D eigenvalue weighted by Gasteiger charge is 2.26. The molecule has 8 nitrogen and oxygen atoms in total. The van der Waals surface area contributed by atoms with Crippen LogP contribution in [0.4, 0.5) is 5.82 Å². The maximum atomic E-state index is 6.04. The number of furan rings is 3. The van der Waals surface area contributed by atoms with Gasteiger partial charge < -0.3 is 23.6 Å². The van der Waals surface area contributed by atoms with Gasteiger partial charge in [-0.05, 0) is 31.3 Å². The van der Waals surface area contributed by atoms with Gasteiger partial charge >= 0.3 is 0 Å². The number of piperazine rings is 1. The van der Waals surface area contributed by atoms with E-state index in [1.54, 1.807) is 12.5 Å². The molecule has 0 unspecified atom stereocenters. The average Bonchev–Trinajstić information content (AvgIpc) is 3.43. The maximum Gasteiger partial charge on any atom is 0.232 e. The summed E-state index contributed by atoms with van der Waals surface area (Å²) in [5, 5.41) is 2.94.